The number of hydrogen-bond acceptors (Lipinski definition) is 5. The van der Waals surface area contributed by atoms with E-state index in [1.165, 1.54) is 18.7 Å². The van der Waals surface area contributed by atoms with Crippen LogP contribution in [0.3, 0.4) is 0 Å². The van der Waals surface area contributed by atoms with Crippen molar-refractivity contribution >= 4 is 40.9 Å². The van der Waals surface area contributed by atoms with Crippen molar-refractivity contribution in [2.45, 2.75) is 56.8 Å². The van der Waals surface area contributed by atoms with Crippen molar-refractivity contribution in [2.24, 2.45) is 5.92 Å². The molecule has 8 nitrogen and oxygen atoms in total. The van der Waals surface area contributed by atoms with Gasteiger partial charge in [0.25, 0.3) is 11.8 Å². The Balaban J connectivity index is 1.52. The number of nitrogens with zero attached hydrogens (tertiary/aromatic N) is 4. The van der Waals surface area contributed by atoms with Gasteiger partial charge in [0.05, 0.1) is 15.6 Å². The van der Waals surface area contributed by atoms with Crippen LogP contribution in [-0.2, 0) is 15.8 Å². The molecule has 2 aliphatic rings. The van der Waals surface area contributed by atoms with Gasteiger partial charge in [-0.1, -0.05) is 29.3 Å². The minimum absolute atomic E-state index is 0.0488. The van der Waals surface area contributed by atoms with E-state index in [0.29, 0.717) is 55.1 Å². The molecule has 13 heteroatoms. The summed E-state index contributed by atoms with van der Waals surface area (Å²) in [6.45, 7) is 4.25. The second-order valence-electron chi connectivity index (χ2n) is 11.4. The molecule has 3 heterocycles. The maximum atomic E-state index is 13.6. The van der Waals surface area contributed by atoms with E-state index in [1.807, 2.05) is 0 Å². The van der Waals surface area contributed by atoms with Crippen LogP contribution >= 0.6 is 23.2 Å². The van der Waals surface area contributed by atoms with Crippen molar-refractivity contribution in [3.05, 3.63) is 63.4 Å². The molecule has 2 aliphatic heterocycles. The Morgan fingerprint density at radius 2 is 1.62 bits per heavy atom. The van der Waals surface area contributed by atoms with E-state index in [9.17, 15) is 32.7 Å². The number of rotatable bonds is 5. The summed E-state index contributed by atoms with van der Waals surface area (Å²) in [5.41, 5.74) is -1.79. The summed E-state index contributed by atoms with van der Waals surface area (Å²) >= 11 is 12.5. The molecule has 0 spiro atoms. The summed E-state index contributed by atoms with van der Waals surface area (Å²) in [4.78, 5) is 47.9. The maximum absolute atomic E-state index is 13.6. The van der Waals surface area contributed by atoms with Gasteiger partial charge >= 0.3 is 6.18 Å². The van der Waals surface area contributed by atoms with E-state index in [0.717, 1.165) is 17.7 Å². The Hall–Kier alpha value is -2.89. The fourth-order valence-electron chi connectivity index (χ4n) is 5.67. The average Bonchev–Trinajstić information content (AvgIpc) is 2.96. The standard InChI is InChI=1S/C29H33Cl2F3N4O4/c1-28(2,42)27(41)37-11-8-17(9-12-37)25(39)38-13-10-24(20(16-38)18-4-6-21(30)22(31)14-18)36(3)26(40)23-7-5-19(15-35-23)29(32,33)34/h4-7,14-15,17,20,24,42H,8-13,16H2,1-3H3/t20-,24+/m0/s1. The van der Waals surface area contributed by atoms with Crippen LogP contribution in [0.4, 0.5) is 13.2 Å². The zero-order chi connectivity index (χ0) is 31.0. The van der Waals surface area contributed by atoms with E-state index in [4.69, 9.17) is 23.2 Å². The SMILES string of the molecule is CN(C(=O)c1ccc(C(F)(F)F)cn1)[C@@H]1CCN(C(=O)C2CCN(C(=O)C(C)(C)O)CC2)C[C@H]1c1ccc(Cl)c(Cl)c1. The van der Waals surface area contributed by atoms with Crippen LogP contribution in [0.5, 0.6) is 0 Å². The second kappa shape index (κ2) is 12.4. The van der Waals surface area contributed by atoms with Crippen molar-refractivity contribution in [2.75, 3.05) is 33.2 Å². The normalized spacial score (nSPS) is 20.4. The van der Waals surface area contributed by atoms with Gasteiger partial charge in [-0.15, -0.1) is 0 Å². The molecule has 1 N–H and O–H groups in total. The summed E-state index contributed by atoms with van der Waals surface area (Å²) < 4.78 is 39.0. The summed E-state index contributed by atoms with van der Waals surface area (Å²) in [5.74, 6) is -1.62. The number of likely N-dealkylation sites (N-methyl/N-ethyl adjacent to an activating group) is 1. The lowest BCUT2D eigenvalue weighted by molar-refractivity contribution is -0.151. The van der Waals surface area contributed by atoms with Crippen molar-refractivity contribution in [1.29, 1.82) is 0 Å². The lowest BCUT2D eigenvalue weighted by Gasteiger charge is -2.44. The molecule has 4 rings (SSSR count). The minimum Gasteiger partial charge on any atom is -0.381 e. The fraction of sp³-hybridized carbons (Fsp3) is 0.517. The molecule has 2 fully saturated rings. The molecule has 0 radical (unpaired) electrons. The van der Waals surface area contributed by atoms with Crippen molar-refractivity contribution < 1.29 is 32.7 Å². The average molecular weight is 630 g/mol. The van der Waals surface area contributed by atoms with Crippen LogP contribution in [0.1, 0.15) is 60.6 Å². The number of alkyl halides is 3. The summed E-state index contributed by atoms with van der Waals surface area (Å²) in [5, 5.41) is 10.7. The van der Waals surface area contributed by atoms with Crippen molar-refractivity contribution in [3.63, 3.8) is 0 Å². The Kier molecular flexibility index (Phi) is 9.44. The molecule has 0 aliphatic carbocycles. The molecule has 2 atom stereocenters. The monoisotopic (exact) mass is 628 g/mol. The molecule has 2 aromatic rings. The number of pyridine rings is 1. The van der Waals surface area contributed by atoms with Gasteiger partial charge in [0.2, 0.25) is 5.91 Å². The molecule has 228 valence electrons. The molecule has 2 saturated heterocycles. The molecule has 3 amide bonds. The van der Waals surface area contributed by atoms with E-state index in [2.05, 4.69) is 4.98 Å². The number of likely N-dealkylation sites (tertiary alicyclic amines) is 2. The molecular formula is C29H33Cl2F3N4O4. The largest absolute Gasteiger partial charge is 0.417 e. The molecule has 0 saturated carbocycles. The van der Waals surface area contributed by atoms with Crippen LogP contribution in [0.15, 0.2) is 36.5 Å². The second-order valence-corrected chi connectivity index (χ2v) is 12.2. The molecule has 1 aromatic heterocycles. The number of carbonyl (C=O) groups excluding carboxylic acids is 3. The number of amides is 3. The van der Waals surface area contributed by atoms with E-state index in [-0.39, 0.29) is 35.9 Å². The maximum Gasteiger partial charge on any atom is 0.417 e. The first-order valence-electron chi connectivity index (χ1n) is 13.6. The molecule has 0 unspecified atom stereocenters. The Morgan fingerprint density at radius 1 is 0.976 bits per heavy atom. The number of piperidine rings is 2. The van der Waals surface area contributed by atoms with Crippen molar-refractivity contribution in [1.82, 2.24) is 19.7 Å². The first-order chi connectivity index (χ1) is 19.6. The third kappa shape index (κ3) is 7.01. The van der Waals surface area contributed by atoms with Crippen LogP contribution in [0.2, 0.25) is 10.0 Å². The van der Waals surface area contributed by atoms with Gasteiger partial charge in [-0.25, -0.2) is 0 Å². The Bertz CT molecular complexity index is 1330. The highest BCUT2D eigenvalue weighted by molar-refractivity contribution is 6.42. The number of carbonyl (C=O) groups is 3. The number of halogens is 5. The Labute approximate surface area is 252 Å². The third-order valence-corrected chi connectivity index (χ3v) is 8.78. The number of benzene rings is 1. The summed E-state index contributed by atoms with van der Waals surface area (Å²) in [6.07, 6.45) is -2.58. The molecule has 42 heavy (non-hydrogen) atoms. The van der Waals surface area contributed by atoms with E-state index >= 15 is 0 Å². The zero-order valence-corrected chi connectivity index (χ0v) is 25.0. The summed E-state index contributed by atoms with van der Waals surface area (Å²) in [7, 11) is 1.57. The van der Waals surface area contributed by atoms with Gasteiger partial charge in [-0.05, 0) is 62.9 Å². The zero-order valence-electron chi connectivity index (χ0n) is 23.5. The van der Waals surface area contributed by atoms with Gasteiger partial charge in [0.15, 0.2) is 0 Å². The minimum atomic E-state index is -4.57. The van der Waals surface area contributed by atoms with Crippen LogP contribution in [0, 0.1) is 5.92 Å². The molecule has 0 bridgehead atoms. The van der Waals surface area contributed by atoms with Gasteiger partial charge < -0.3 is 19.8 Å². The summed E-state index contributed by atoms with van der Waals surface area (Å²) in [6, 6.07) is 6.61. The number of aromatic nitrogens is 1. The van der Waals surface area contributed by atoms with Crippen LogP contribution in [0.25, 0.3) is 0 Å². The van der Waals surface area contributed by atoms with Crippen LogP contribution < -0.4 is 0 Å². The number of hydrogen-bond donors (Lipinski definition) is 1. The third-order valence-electron chi connectivity index (χ3n) is 8.04. The van der Waals surface area contributed by atoms with Gasteiger partial charge in [0, 0.05) is 57.3 Å². The van der Waals surface area contributed by atoms with Crippen LogP contribution in [-0.4, -0.2) is 87.4 Å². The number of aliphatic hydroxyl groups is 1. The van der Waals surface area contributed by atoms with Gasteiger partial charge in [0.1, 0.15) is 11.3 Å². The lowest BCUT2D eigenvalue weighted by Crippen LogP contribution is -2.54. The highest BCUT2D eigenvalue weighted by Gasteiger charge is 2.40. The highest BCUT2D eigenvalue weighted by Crippen LogP contribution is 2.36. The van der Waals surface area contributed by atoms with E-state index in [1.54, 1.807) is 35.0 Å². The first kappa shape index (κ1) is 32.0. The first-order valence-corrected chi connectivity index (χ1v) is 14.4. The predicted molar refractivity (Wildman–Crippen MR) is 151 cm³/mol. The smallest absolute Gasteiger partial charge is 0.381 e. The van der Waals surface area contributed by atoms with Gasteiger partial charge in [-0.2, -0.15) is 13.2 Å². The quantitative estimate of drug-likeness (QED) is 0.510. The van der Waals surface area contributed by atoms with E-state index < -0.39 is 29.3 Å². The molecular weight excluding hydrogens is 596 g/mol. The molecule has 1 aromatic carbocycles. The predicted octanol–water partition coefficient (Wildman–Crippen LogP) is 4.87. The lowest BCUT2D eigenvalue weighted by atomic mass is 9.83. The van der Waals surface area contributed by atoms with Gasteiger partial charge in [-0.3, -0.25) is 19.4 Å². The Morgan fingerprint density at radius 3 is 2.17 bits per heavy atom. The fourth-order valence-corrected chi connectivity index (χ4v) is 5.97. The van der Waals surface area contributed by atoms with Crippen molar-refractivity contribution in [3.8, 4) is 0 Å². The highest BCUT2D eigenvalue weighted by atomic mass is 35.5. The topological polar surface area (TPSA) is 94.1 Å².